The smallest absolute Gasteiger partial charge is 0.254 e. The molecule has 0 spiro atoms. The van der Waals surface area contributed by atoms with Crippen LogP contribution in [0.25, 0.3) is 0 Å². The van der Waals surface area contributed by atoms with E-state index in [1.165, 1.54) is 0 Å². The van der Waals surface area contributed by atoms with E-state index in [2.05, 4.69) is 25.4 Å². The maximum atomic E-state index is 11.9. The van der Waals surface area contributed by atoms with Crippen molar-refractivity contribution < 1.29 is 9.59 Å². The molecule has 1 aromatic carbocycles. The summed E-state index contributed by atoms with van der Waals surface area (Å²) in [5.74, 6) is -0.442. The first kappa shape index (κ1) is 10.8. The average molecular weight is 286 g/mol. The number of amides is 2. The summed E-state index contributed by atoms with van der Waals surface area (Å²) in [6, 6.07) is 9.30. The first-order chi connectivity index (χ1) is 7.05. The van der Waals surface area contributed by atoms with Gasteiger partial charge in [0.1, 0.15) is 0 Å². The summed E-state index contributed by atoms with van der Waals surface area (Å²) in [4.78, 5) is 23.3. The van der Waals surface area contributed by atoms with Crippen molar-refractivity contribution >= 4 is 37.2 Å². The van der Waals surface area contributed by atoms with Gasteiger partial charge in [-0.1, -0.05) is 30.3 Å². The summed E-state index contributed by atoms with van der Waals surface area (Å²) >= 11 is 2.96. The van der Waals surface area contributed by atoms with Gasteiger partial charge in [-0.05, 0) is 5.56 Å². The number of benzene rings is 1. The molecule has 0 aliphatic carbocycles. The first-order valence-corrected chi connectivity index (χ1v) is 5.72. The summed E-state index contributed by atoms with van der Waals surface area (Å²) in [6.07, 6.45) is 0.186. The fourth-order valence-corrected chi connectivity index (χ4v) is 2.76. The van der Waals surface area contributed by atoms with E-state index < -0.39 is 5.16 Å². The highest BCUT2D eigenvalue weighted by atomic mass is 79.9. The number of carbonyl (C=O) groups is 2. The number of imide groups is 1. The van der Waals surface area contributed by atoms with E-state index >= 15 is 0 Å². The van der Waals surface area contributed by atoms with E-state index in [1.54, 1.807) is 0 Å². The lowest BCUT2D eigenvalue weighted by molar-refractivity contribution is -0.131. The summed E-state index contributed by atoms with van der Waals surface area (Å²) in [7, 11) is 2.49. The van der Waals surface area contributed by atoms with Gasteiger partial charge in [0, 0.05) is 0 Å². The van der Waals surface area contributed by atoms with Crippen molar-refractivity contribution in [2.45, 2.75) is 11.6 Å². The number of hydrogen-bond acceptors (Lipinski definition) is 2. The van der Waals surface area contributed by atoms with Crippen LogP contribution in [-0.4, -0.2) is 15.7 Å². The second-order valence-electron chi connectivity index (χ2n) is 3.49. The van der Waals surface area contributed by atoms with Gasteiger partial charge in [0.25, 0.3) is 5.91 Å². The van der Waals surface area contributed by atoms with Crippen LogP contribution in [0.1, 0.15) is 12.0 Å². The molecular weight excluding hydrogens is 277 g/mol. The van der Waals surface area contributed by atoms with Crippen molar-refractivity contribution in [3.63, 3.8) is 0 Å². The van der Waals surface area contributed by atoms with Crippen LogP contribution in [0.2, 0.25) is 0 Å². The minimum absolute atomic E-state index is 0.186. The van der Waals surface area contributed by atoms with Crippen LogP contribution in [0.3, 0.4) is 0 Å². The van der Waals surface area contributed by atoms with Crippen LogP contribution in [-0.2, 0) is 14.7 Å². The lowest BCUT2D eigenvalue weighted by atomic mass is 9.96. The van der Waals surface area contributed by atoms with E-state index in [-0.39, 0.29) is 18.2 Å². The summed E-state index contributed by atoms with van der Waals surface area (Å²) in [5, 5.41) is -0.804. The molecule has 1 heterocycles. The summed E-state index contributed by atoms with van der Waals surface area (Å²) in [5.41, 5.74) is 0.843. The minimum Gasteiger partial charge on any atom is -0.273 e. The van der Waals surface area contributed by atoms with Gasteiger partial charge in [-0.15, -0.1) is 9.24 Å². The third-order valence-electron chi connectivity index (χ3n) is 2.50. The van der Waals surface area contributed by atoms with Gasteiger partial charge in [0.2, 0.25) is 5.91 Å². The van der Waals surface area contributed by atoms with Gasteiger partial charge < -0.3 is 0 Å². The largest absolute Gasteiger partial charge is 0.273 e. The zero-order valence-electron chi connectivity index (χ0n) is 7.81. The lowest BCUT2D eigenvalue weighted by Gasteiger charge is -2.20. The van der Waals surface area contributed by atoms with Crippen LogP contribution in [0.15, 0.2) is 30.3 Å². The molecule has 0 bridgehead atoms. The molecule has 1 aliphatic rings. The molecule has 2 atom stereocenters. The number of carbonyl (C=O) groups excluding carboxylic acids is 2. The molecule has 3 nitrogen and oxygen atoms in total. The SMILES string of the molecule is O=C1CC(P)(c2ccccc2)C(=O)N1Br. The number of nitrogens with zero attached hydrogens (tertiary/aromatic N) is 1. The Balaban J connectivity index is 2.45. The molecule has 0 aromatic heterocycles. The quantitative estimate of drug-likeness (QED) is 0.448. The van der Waals surface area contributed by atoms with Crippen molar-refractivity contribution in [1.82, 2.24) is 3.93 Å². The van der Waals surface area contributed by atoms with E-state index in [1.807, 2.05) is 30.3 Å². The molecule has 0 saturated carbocycles. The number of halogens is 1. The first-order valence-electron chi connectivity index (χ1n) is 4.43. The highest BCUT2D eigenvalue weighted by Gasteiger charge is 2.48. The van der Waals surface area contributed by atoms with Crippen molar-refractivity contribution in [3.05, 3.63) is 35.9 Å². The predicted molar refractivity (Wildman–Crippen MR) is 63.2 cm³/mol. The molecule has 78 valence electrons. The third kappa shape index (κ3) is 1.62. The minimum atomic E-state index is -0.804. The van der Waals surface area contributed by atoms with Crippen LogP contribution in [0.4, 0.5) is 0 Å². The van der Waals surface area contributed by atoms with E-state index in [0.29, 0.717) is 0 Å². The zero-order chi connectivity index (χ0) is 11.1. The molecule has 1 aliphatic heterocycles. The van der Waals surface area contributed by atoms with Gasteiger partial charge in [-0.25, -0.2) is 3.93 Å². The molecule has 15 heavy (non-hydrogen) atoms. The fraction of sp³-hybridized carbons (Fsp3) is 0.200. The van der Waals surface area contributed by atoms with Crippen molar-refractivity contribution in [1.29, 1.82) is 0 Å². The fourth-order valence-electron chi connectivity index (χ4n) is 1.63. The molecular formula is C10H9BrNO2P. The Morgan fingerprint density at radius 1 is 1.27 bits per heavy atom. The highest BCUT2D eigenvalue weighted by molar-refractivity contribution is 9.08. The maximum absolute atomic E-state index is 11.9. The average Bonchev–Trinajstić information content (AvgIpc) is 2.45. The van der Waals surface area contributed by atoms with Crippen LogP contribution < -0.4 is 0 Å². The predicted octanol–water partition coefficient (Wildman–Crippen LogP) is 1.83. The Morgan fingerprint density at radius 3 is 2.33 bits per heavy atom. The molecule has 0 radical (unpaired) electrons. The van der Waals surface area contributed by atoms with Gasteiger partial charge in [-0.3, -0.25) is 9.59 Å². The van der Waals surface area contributed by atoms with Gasteiger partial charge >= 0.3 is 0 Å². The molecule has 2 amide bonds. The highest BCUT2D eigenvalue weighted by Crippen LogP contribution is 2.43. The van der Waals surface area contributed by atoms with Crippen LogP contribution >= 0.6 is 25.4 Å². The van der Waals surface area contributed by atoms with Gasteiger partial charge in [-0.2, -0.15) is 0 Å². The molecule has 0 N–H and O–H groups in total. The van der Waals surface area contributed by atoms with Gasteiger partial charge in [0.05, 0.1) is 27.7 Å². The number of hydrogen-bond donors (Lipinski definition) is 0. The second-order valence-corrected chi connectivity index (χ2v) is 5.19. The maximum Gasteiger partial charge on any atom is 0.254 e. The van der Waals surface area contributed by atoms with Crippen LogP contribution in [0.5, 0.6) is 0 Å². The standard InChI is InChI=1S/C10H9BrNO2P/c11-12-8(13)6-10(15,9(12)14)7-4-2-1-3-5-7/h1-5H,6,15H2. The summed E-state index contributed by atoms with van der Waals surface area (Å²) in [6.45, 7) is 0. The van der Waals surface area contributed by atoms with Crippen molar-refractivity contribution in [3.8, 4) is 0 Å². The number of rotatable bonds is 1. The Hall–Kier alpha value is -0.730. The lowest BCUT2D eigenvalue weighted by Crippen LogP contribution is -2.28. The molecule has 2 rings (SSSR count). The molecule has 1 aromatic rings. The Labute approximate surface area is 98.4 Å². The second kappa shape index (κ2) is 3.69. The van der Waals surface area contributed by atoms with Gasteiger partial charge in [0.15, 0.2) is 0 Å². The normalized spacial score (nSPS) is 26.1. The Kier molecular flexibility index (Phi) is 2.65. The Bertz CT molecular complexity index is 423. The van der Waals surface area contributed by atoms with E-state index in [9.17, 15) is 9.59 Å². The molecule has 1 fully saturated rings. The topological polar surface area (TPSA) is 37.4 Å². The van der Waals surface area contributed by atoms with E-state index in [0.717, 1.165) is 9.49 Å². The zero-order valence-corrected chi connectivity index (χ0v) is 10.6. The monoisotopic (exact) mass is 285 g/mol. The van der Waals surface area contributed by atoms with E-state index in [4.69, 9.17) is 0 Å². The molecule has 1 saturated heterocycles. The third-order valence-corrected chi connectivity index (χ3v) is 4.00. The molecule has 2 unspecified atom stereocenters. The summed E-state index contributed by atoms with van der Waals surface area (Å²) < 4.78 is 1.01. The van der Waals surface area contributed by atoms with Crippen molar-refractivity contribution in [2.24, 2.45) is 0 Å². The Morgan fingerprint density at radius 2 is 1.87 bits per heavy atom. The van der Waals surface area contributed by atoms with Crippen LogP contribution in [0, 0.1) is 0 Å². The van der Waals surface area contributed by atoms with Crippen molar-refractivity contribution in [2.75, 3.05) is 0 Å². The molecule has 5 heteroatoms.